The molecule has 82 valence electrons. The van der Waals surface area contributed by atoms with Gasteiger partial charge in [0, 0.05) is 29.1 Å². The molecule has 0 amide bonds. The van der Waals surface area contributed by atoms with Gasteiger partial charge in [-0.1, -0.05) is 24.3 Å². The van der Waals surface area contributed by atoms with Crippen LogP contribution in [0.25, 0.3) is 0 Å². The zero-order valence-corrected chi connectivity index (χ0v) is 9.73. The lowest BCUT2D eigenvalue weighted by Gasteiger charge is -2.10. The van der Waals surface area contributed by atoms with E-state index in [9.17, 15) is 0 Å². The highest BCUT2D eigenvalue weighted by Gasteiger charge is 2.05. The fraction of sp³-hybridized carbons (Fsp3) is 0.154. The zero-order valence-electron chi connectivity index (χ0n) is 8.91. The van der Waals surface area contributed by atoms with E-state index in [1.807, 2.05) is 36.5 Å². The van der Waals surface area contributed by atoms with Crippen LogP contribution < -0.4 is 5.73 Å². The highest BCUT2D eigenvalue weighted by atomic mass is 32.2. The van der Waals surface area contributed by atoms with Crippen LogP contribution in [0.2, 0.25) is 0 Å². The second-order valence-corrected chi connectivity index (χ2v) is 4.61. The molecule has 1 heterocycles. The molecule has 2 aromatic rings. The van der Waals surface area contributed by atoms with Crippen LogP contribution in [0.15, 0.2) is 59.8 Å². The summed E-state index contributed by atoms with van der Waals surface area (Å²) >= 11 is 1.77. The van der Waals surface area contributed by atoms with Crippen molar-refractivity contribution in [3.8, 4) is 0 Å². The van der Waals surface area contributed by atoms with Gasteiger partial charge in [-0.3, -0.25) is 4.98 Å². The maximum atomic E-state index is 6.08. The van der Waals surface area contributed by atoms with Crippen molar-refractivity contribution in [3.63, 3.8) is 0 Å². The minimum atomic E-state index is 0.0407. The molecule has 1 atom stereocenters. The Morgan fingerprint density at radius 3 is 2.62 bits per heavy atom. The molecule has 1 aromatic heterocycles. The second kappa shape index (κ2) is 5.68. The number of hydrogen-bond donors (Lipinski definition) is 1. The molecule has 0 aliphatic heterocycles. The number of pyridine rings is 1. The van der Waals surface area contributed by atoms with Crippen LogP contribution in [0.1, 0.15) is 11.6 Å². The quantitative estimate of drug-likeness (QED) is 0.821. The van der Waals surface area contributed by atoms with Gasteiger partial charge in [-0.2, -0.15) is 0 Å². The summed E-state index contributed by atoms with van der Waals surface area (Å²) in [5, 5.41) is 0. The smallest absolute Gasteiger partial charge is 0.0405 e. The Kier molecular flexibility index (Phi) is 3.97. The summed E-state index contributed by atoms with van der Waals surface area (Å²) in [4.78, 5) is 5.32. The summed E-state index contributed by atoms with van der Waals surface area (Å²) in [6.07, 6.45) is 3.59. The Balaban J connectivity index is 1.92. The molecular formula is C13H14N2S. The van der Waals surface area contributed by atoms with Crippen LogP contribution >= 0.6 is 11.8 Å². The molecule has 0 saturated heterocycles. The van der Waals surface area contributed by atoms with Crippen molar-refractivity contribution in [2.24, 2.45) is 5.73 Å². The fourth-order valence-electron chi connectivity index (χ4n) is 1.39. The Bertz CT molecular complexity index is 416. The Hall–Kier alpha value is -1.32. The van der Waals surface area contributed by atoms with E-state index in [2.05, 4.69) is 17.1 Å². The lowest BCUT2D eigenvalue weighted by atomic mass is 10.2. The molecule has 2 nitrogen and oxygen atoms in total. The number of thioether (sulfide) groups is 1. The number of rotatable bonds is 4. The number of benzene rings is 1. The van der Waals surface area contributed by atoms with E-state index in [0.717, 1.165) is 11.3 Å². The highest BCUT2D eigenvalue weighted by Crippen LogP contribution is 2.22. The third kappa shape index (κ3) is 3.08. The molecule has 0 fully saturated rings. The first-order valence-corrected chi connectivity index (χ1v) is 6.18. The van der Waals surface area contributed by atoms with E-state index in [1.54, 1.807) is 18.0 Å². The molecule has 2 rings (SSSR count). The standard InChI is InChI=1S/C13H14N2S/c14-13(11-5-4-8-15-9-11)10-16-12-6-2-1-3-7-12/h1-9,13H,10,14H2. The maximum Gasteiger partial charge on any atom is 0.0405 e. The third-order valence-corrected chi connectivity index (χ3v) is 3.42. The van der Waals surface area contributed by atoms with Gasteiger partial charge < -0.3 is 5.73 Å². The first kappa shape index (κ1) is 11.2. The molecule has 0 spiro atoms. The zero-order chi connectivity index (χ0) is 11.2. The number of hydrogen-bond acceptors (Lipinski definition) is 3. The molecule has 0 saturated carbocycles. The molecule has 3 heteroatoms. The van der Waals surface area contributed by atoms with Crippen LogP contribution in [-0.2, 0) is 0 Å². The molecule has 0 aliphatic carbocycles. The number of nitrogens with two attached hydrogens (primary N) is 1. The summed E-state index contributed by atoms with van der Waals surface area (Å²) in [7, 11) is 0. The fourth-order valence-corrected chi connectivity index (χ4v) is 2.31. The van der Waals surface area contributed by atoms with Crippen molar-refractivity contribution in [3.05, 3.63) is 60.4 Å². The van der Waals surface area contributed by atoms with E-state index in [4.69, 9.17) is 5.73 Å². The van der Waals surface area contributed by atoms with Crippen molar-refractivity contribution < 1.29 is 0 Å². The first-order chi connectivity index (χ1) is 7.86. The van der Waals surface area contributed by atoms with Gasteiger partial charge in [0.05, 0.1) is 0 Å². The predicted molar refractivity (Wildman–Crippen MR) is 68.3 cm³/mol. The van der Waals surface area contributed by atoms with Gasteiger partial charge in [0.15, 0.2) is 0 Å². The SMILES string of the molecule is NC(CSc1ccccc1)c1cccnc1. The number of aromatic nitrogens is 1. The minimum Gasteiger partial charge on any atom is -0.323 e. The summed E-state index contributed by atoms with van der Waals surface area (Å²) < 4.78 is 0. The van der Waals surface area contributed by atoms with Gasteiger partial charge in [0.1, 0.15) is 0 Å². The van der Waals surface area contributed by atoms with Crippen LogP contribution in [0.5, 0.6) is 0 Å². The predicted octanol–water partition coefficient (Wildman–Crippen LogP) is 2.87. The molecule has 1 aromatic carbocycles. The molecule has 0 radical (unpaired) electrons. The Morgan fingerprint density at radius 2 is 1.94 bits per heavy atom. The van der Waals surface area contributed by atoms with Gasteiger partial charge in [0.2, 0.25) is 0 Å². The van der Waals surface area contributed by atoms with E-state index in [0.29, 0.717) is 0 Å². The van der Waals surface area contributed by atoms with Crippen LogP contribution in [0, 0.1) is 0 Å². The van der Waals surface area contributed by atoms with Crippen molar-refractivity contribution >= 4 is 11.8 Å². The van der Waals surface area contributed by atoms with E-state index < -0.39 is 0 Å². The van der Waals surface area contributed by atoms with Gasteiger partial charge in [0.25, 0.3) is 0 Å². The van der Waals surface area contributed by atoms with Gasteiger partial charge in [-0.05, 0) is 23.8 Å². The van der Waals surface area contributed by atoms with Crippen molar-refractivity contribution in [1.82, 2.24) is 4.98 Å². The van der Waals surface area contributed by atoms with Crippen LogP contribution in [0.3, 0.4) is 0 Å². The first-order valence-electron chi connectivity index (χ1n) is 5.19. The average Bonchev–Trinajstić information content (AvgIpc) is 2.38. The summed E-state index contributed by atoms with van der Waals surface area (Å²) in [6, 6.07) is 14.3. The Labute approximate surface area is 99.9 Å². The summed E-state index contributed by atoms with van der Waals surface area (Å²) in [5.74, 6) is 0.871. The van der Waals surface area contributed by atoms with E-state index in [-0.39, 0.29) is 6.04 Å². The van der Waals surface area contributed by atoms with Crippen LogP contribution in [-0.4, -0.2) is 10.7 Å². The van der Waals surface area contributed by atoms with Crippen LogP contribution in [0.4, 0.5) is 0 Å². The van der Waals surface area contributed by atoms with Crippen molar-refractivity contribution in [2.75, 3.05) is 5.75 Å². The molecule has 16 heavy (non-hydrogen) atoms. The van der Waals surface area contributed by atoms with Gasteiger partial charge >= 0.3 is 0 Å². The lowest BCUT2D eigenvalue weighted by molar-refractivity contribution is 0.824. The maximum absolute atomic E-state index is 6.08. The normalized spacial score (nSPS) is 12.3. The van der Waals surface area contributed by atoms with E-state index >= 15 is 0 Å². The molecule has 2 N–H and O–H groups in total. The topological polar surface area (TPSA) is 38.9 Å². The second-order valence-electron chi connectivity index (χ2n) is 3.52. The number of nitrogens with zero attached hydrogens (tertiary/aromatic N) is 1. The molecule has 1 unspecified atom stereocenters. The summed E-state index contributed by atoms with van der Waals surface area (Å²) in [6.45, 7) is 0. The largest absolute Gasteiger partial charge is 0.323 e. The molecule has 0 aliphatic rings. The highest BCUT2D eigenvalue weighted by molar-refractivity contribution is 7.99. The van der Waals surface area contributed by atoms with Crippen molar-refractivity contribution in [1.29, 1.82) is 0 Å². The third-order valence-electron chi connectivity index (χ3n) is 2.29. The lowest BCUT2D eigenvalue weighted by Crippen LogP contribution is -2.12. The van der Waals surface area contributed by atoms with Gasteiger partial charge in [-0.15, -0.1) is 11.8 Å². The van der Waals surface area contributed by atoms with E-state index in [1.165, 1.54) is 4.90 Å². The minimum absolute atomic E-state index is 0.0407. The monoisotopic (exact) mass is 230 g/mol. The molecule has 0 bridgehead atoms. The van der Waals surface area contributed by atoms with Crippen molar-refractivity contribution in [2.45, 2.75) is 10.9 Å². The van der Waals surface area contributed by atoms with Gasteiger partial charge in [-0.25, -0.2) is 0 Å². The average molecular weight is 230 g/mol. The molecular weight excluding hydrogens is 216 g/mol. The summed E-state index contributed by atoms with van der Waals surface area (Å²) in [5.41, 5.74) is 7.17. The Morgan fingerprint density at radius 1 is 1.12 bits per heavy atom.